The number of alkyl halides is 3. The Morgan fingerprint density at radius 2 is 1.78 bits per heavy atom. The van der Waals surface area contributed by atoms with Gasteiger partial charge in [-0.1, -0.05) is 12.1 Å². The van der Waals surface area contributed by atoms with E-state index in [9.17, 15) is 22.8 Å². The first-order valence-corrected chi connectivity index (χ1v) is 6.48. The maximum atomic E-state index is 12.8. The minimum absolute atomic E-state index is 0.0836. The molecule has 0 aliphatic rings. The molecule has 122 valence electrons. The van der Waals surface area contributed by atoms with Crippen LogP contribution in [0.2, 0.25) is 0 Å². The van der Waals surface area contributed by atoms with Crippen LogP contribution in [0.4, 0.5) is 13.2 Å². The lowest BCUT2D eigenvalue weighted by Crippen LogP contribution is -2.52. The lowest BCUT2D eigenvalue weighted by Gasteiger charge is -2.28. The minimum Gasteiger partial charge on any atom is -0.459 e. The summed E-state index contributed by atoms with van der Waals surface area (Å²) in [5, 5.41) is 2.32. The van der Waals surface area contributed by atoms with Crippen molar-refractivity contribution in [3.63, 3.8) is 0 Å². The first-order valence-electron chi connectivity index (χ1n) is 6.48. The fourth-order valence-corrected chi connectivity index (χ4v) is 1.98. The van der Waals surface area contributed by atoms with E-state index in [0.717, 1.165) is 18.2 Å². The number of hydrogen-bond donors (Lipinski definition) is 2. The van der Waals surface area contributed by atoms with E-state index >= 15 is 0 Å². The maximum absolute atomic E-state index is 12.8. The first kappa shape index (κ1) is 16.6. The Hall–Kier alpha value is -2.77. The van der Waals surface area contributed by atoms with Crippen LogP contribution in [0, 0.1) is 0 Å². The number of furan rings is 1. The zero-order chi connectivity index (χ0) is 17.3. The average molecular weight is 326 g/mol. The van der Waals surface area contributed by atoms with Gasteiger partial charge in [-0.2, -0.15) is 13.2 Å². The zero-order valence-corrected chi connectivity index (χ0v) is 12.0. The van der Waals surface area contributed by atoms with Gasteiger partial charge in [0.2, 0.25) is 5.91 Å². The summed E-state index contributed by atoms with van der Waals surface area (Å²) in [6.45, 7) is 1.23. The van der Waals surface area contributed by atoms with E-state index in [0.29, 0.717) is 0 Å². The third kappa shape index (κ3) is 3.36. The molecule has 2 aromatic rings. The number of rotatable bonds is 4. The number of hydrogen-bond acceptors (Lipinski definition) is 3. The zero-order valence-electron chi connectivity index (χ0n) is 12.0. The average Bonchev–Trinajstić information content (AvgIpc) is 3.00. The normalized spacial score (nSPS) is 14.1. The summed E-state index contributed by atoms with van der Waals surface area (Å²) < 4.78 is 43.4. The molecule has 1 aromatic heterocycles. The van der Waals surface area contributed by atoms with Gasteiger partial charge in [-0.3, -0.25) is 9.59 Å². The molecule has 0 saturated heterocycles. The van der Waals surface area contributed by atoms with Crippen LogP contribution in [0.1, 0.15) is 28.6 Å². The molecule has 2 rings (SSSR count). The Kier molecular flexibility index (Phi) is 4.18. The van der Waals surface area contributed by atoms with Crippen LogP contribution in [0.25, 0.3) is 0 Å². The van der Waals surface area contributed by atoms with Gasteiger partial charge in [0.15, 0.2) is 5.76 Å². The smallest absolute Gasteiger partial charge is 0.416 e. The van der Waals surface area contributed by atoms with Gasteiger partial charge in [0, 0.05) is 0 Å². The van der Waals surface area contributed by atoms with Gasteiger partial charge in [-0.05, 0) is 36.8 Å². The third-order valence-corrected chi connectivity index (χ3v) is 3.37. The molecule has 0 fully saturated rings. The Morgan fingerprint density at radius 3 is 2.30 bits per heavy atom. The number of amides is 2. The van der Waals surface area contributed by atoms with E-state index in [1.807, 2.05) is 0 Å². The lowest BCUT2D eigenvalue weighted by molar-refractivity contribution is -0.137. The van der Waals surface area contributed by atoms with Crippen molar-refractivity contribution < 1.29 is 27.2 Å². The summed E-state index contributed by atoms with van der Waals surface area (Å²) in [5.74, 6) is -1.87. The van der Waals surface area contributed by atoms with Gasteiger partial charge in [-0.25, -0.2) is 0 Å². The molecule has 3 N–H and O–H groups in total. The van der Waals surface area contributed by atoms with Crippen molar-refractivity contribution in [2.45, 2.75) is 18.6 Å². The van der Waals surface area contributed by atoms with E-state index in [1.165, 1.54) is 31.4 Å². The van der Waals surface area contributed by atoms with E-state index in [-0.39, 0.29) is 11.3 Å². The summed E-state index contributed by atoms with van der Waals surface area (Å²) in [7, 11) is 0. The largest absolute Gasteiger partial charge is 0.459 e. The Bertz CT molecular complexity index is 726. The highest BCUT2D eigenvalue weighted by Crippen LogP contribution is 2.32. The van der Waals surface area contributed by atoms with Gasteiger partial charge < -0.3 is 15.5 Å². The molecule has 2 amide bonds. The van der Waals surface area contributed by atoms with Crippen molar-refractivity contribution in [2.24, 2.45) is 5.73 Å². The number of primary amides is 1. The predicted molar refractivity (Wildman–Crippen MR) is 74.2 cm³/mol. The van der Waals surface area contributed by atoms with Crippen LogP contribution in [-0.4, -0.2) is 11.8 Å². The Labute approximate surface area is 129 Å². The van der Waals surface area contributed by atoms with Crippen LogP contribution in [0.5, 0.6) is 0 Å². The van der Waals surface area contributed by atoms with E-state index in [4.69, 9.17) is 10.2 Å². The molecular formula is C15H13F3N2O3. The molecule has 8 heteroatoms. The number of benzene rings is 1. The highest BCUT2D eigenvalue weighted by Gasteiger charge is 2.38. The minimum atomic E-state index is -4.58. The second-order valence-electron chi connectivity index (χ2n) is 5.00. The Balaban J connectivity index is 2.41. The van der Waals surface area contributed by atoms with Crippen molar-refractivity contribution in [1.29, 1.82) is 0 Å². The summed E-state index contributed by atoms with van der Waals surface area (Å²) in [5.41, 5.74) is 2.44. The SMILES string of the molecule is C[C@@](NC(=O)c1ccco1)(C(N)=O)c1cccc(C(F)(F)F)c1. The summed E-state index contributed by atoms with van der Waals surface area (Å²) >= 11 is 0. The van der Waals surface area contributed by atoms with Crippen molar-refractivity contribution in [1.82, 2.24) is 5.32 Å². The van der Waals surface area contributed by atoms with Crippen LogP contribution < -0.4 is 11.1 Å². The fourth-order valence-electron chi connectivity index (χ4n) is 1.98. The van der Waals surface area contributed by atoms with Gasteiger partial charge in [0.25, 0.3) is 5.91 Å². The third-order valence-electron chi connectivity index (χ3n) is 3.37. The summed E-state index contributed by atoms with van der Waals surface area (Å²) in [6, 6.07) is 6.86. The topological polar surface area (TPSA) is 85.3 Å². The summed E-state index contributed by atoms with van der Waals surface area (Å²) in [4.78, 5) is 23.8. The number of nitrogens with two attached hydrogens (primary N) is 1. The van der Waals surface area contributed by atoms with Crippen LogP contribution in [0.3, 0.4) is 0 Å². The van der Waals surface area contributed by atoms with Gasteiger partial charge in [0.05, 0.1) is 11.8 Å². The molecule has 0 bridgehead atoms. The van der Waals surface area contributed by atoms with E-state index < -0.39 is 29.1 Å². The molecule has 0 aliphatic carbocycles. The highest BCUT2D eigenvalue weighted by atomic mass is 19.4. The second-order valence-corrected chi connectivity index (χ2v) is 5.00. The van der Waals surface area contributed by atoms with Crippen LogP contribution >= 0.6 is 0 Å². The highest BCUT2D eigenvalue weighted by molar-refractivity contribution is 5.97. The second kappa shape index (κ2) is 5.79. The fraction of sp³-hybridized carbons (Fsp3) is 0.200. The van der Waals surface area contributed by atoms with Crippen molar-refractivity contribution >= 4 is 11.8 Å². The van der Waals surface area contributed by atoms with Gasteiger partial charge >= 0.3 is 6.18 Å². The molecule has 1 aromatic carbocycles. The molecule has 0 unspecified atom stereocenters. The Morgan fingerprint density at radius 1 is 1.13 bits per heavy atom. The summed E-state index contributed by atoms with van der Waals surface area (Å²) in [6.07, 6.45) is -3.33. The van der Waals surface area contributed by atoms with E-state index in [1.54, 1.807) is 0 Å². The van der Waals surface area contributed by atoms with Crippen LogP contribution in [0.15, 0.2) is 47.1 Å². The van der Waals surface area contributed by atoms with Crippen molar-refractivity contribution in [3.8, 4) is 0 Å². The molecule has 1 heterocycles. The molecule has 23 heavy (non-hydrogen) atoms. The molecule has 1 atom stereocenters. The lowest BCUT2D eigenvalue weighted by atomic mass is 9.89. The van der Waals surface area contributed by atoms with Crippen molar-refractivity contribution in [2.75, 3.05) is 0 Å². The monoisotopic (exact) mass is 326 g/mol. The molecule has 0 radical (unpaired) electrons. The standard InChI is InChI=1S/C15H13F3N2O3/c1-14(13(19)22,20-12(21)11-6-3-7-23-11)9-4-2-5-10(8-9)15(16,17)18/h2-8H,1H3,(H2,19,22)(H,20,21)/t14-/m0/s1. The van der Waals surface area contributed by atoms with Gasteiger partial charge in [0.1, 0.15) is 5.54 Å². The van der Waals surface area contributed by atoms with Crippen LogP contribution in [-0.2, 0) is 16.5 Å². The molecular weight excluding hydrogens is 313 g/mol. The van der Waals surface area contributed by atoms with Crippen molar-refractivity contribution in [3.05, 3.63) is 59.5 Å². The molecule has 5 nitrogen and oxygen atoms in total. The first-order chi connectivity index (χ1) is 10.6. The van der Waals surface area contributed by atoms with E-state index in [2.05, 4.69) is 5.32 Å². The number of halogens is 3. The number of nitrogens with one attached hydrogen (secondary N) is 1. The predicted octanol–water partition coefficient (Wildman–Crippen LogP) is 2.43. The molecule has 0 spiro atoms. The molecule has 0 saturated carbocycles. The van der Waals surface area contributed by atoms with Gasteiger partial charge in [-0.15, -0.1) is 0 Å². The maximum Gasteiger partial charge on any atom is 0.416 e. The number of carbonyl (C=O) groups is 2. The quantitative estimate of drug-likeness (QED) is 0.905. The number of carbonyl (C=O) groups excluding carboxylic acids is 2. The molecule has 0 aliphatic heterocycles.